The Morgan fingerprint density at radius 1 is 1.44 bits per heavy atom. The SMILES string of the molecule is CCC1(c2nc(C3CCCOC3)no2)CCCN1. The normalized spacial score (nSPS) is 32.8. The van der Waals surface area contributed by atoms with Gasteiger partial charge in [0.2, 0.25) is 5.89 Å². The highest BCUT2D eigenvalue weighted by atomic mass is 16.5. The van der Waals surface area contributed by atoms with Crippen LogP contribution >= 0.6 is 0 Å². The van der Waals surface area contributed by atoms with Gasteiger partial charge >= 0.3 is 0 Å². The van der Waals surface area contributed by atoms with Crippen molar-refractivity contribution in [3.8, 4) is 0 Å². The van der Waals surface area contributed by atoms with Crippen LogP contribution in [0.15, 0.2) is 4.52 Å². The summed E-state index contributed by atoms with van der Waals surface area (Å²) < 4.78 is 11.0. The van der Waals surface area contributed by atoms with Crippen LogP contribution in [0.3, 0.4) is 0 Å². The lowest BCUT2D eigenvalue weighted by Crippen LogP contribution is -2.36. The van der Waals surface area contributed by atoms with E-state index in [1.807, 2.05) is 0 Å². The maximum absolute atomic E-state index is 5.52. The Labute approximate surface area is 107 Å². The quantitative estimate of drug-likeness (QED) is 0.889. The summed E-state index contributed by atoms with van der Waals surface area (Å²) in [5.41, 5.74) is -0.0826. The molecule has 5 nitrogen and oxygen atoms in total. The number of ether oxygens (including phenoxy) is 1. The zero-order valence-corrected chi connectivity index (χ0v) is 10.9. The Morgan fingerprint density at radius 3 is 3.06 bits per heavy atom. The molecule has 1 aromatic heterocycles. The lowest BCUT2D eigenvalue weighted by atomic mass is 9.94. The summed E-state index contributed by atoms with van der Waals surface area (Å²) >= 11 is 0. The Morgan fingerprint density at radius 2 is 2.39 bits per heavy atom. The zero-order chi connectivity index (χ0) is 12.4. The Bertz CT molecular complexity index is 393. The van der Waals surface area contributed by atoms with Crippen LogP contribution in [0.2, 0.25) is 0 Å². The van der Waals surface area contributed by atoms with Gasteiger partial charge in [0.15, 0.2) is 5.82 Å². The highest BCUT2D eigenvalue weighted by Gasteiger charge is 2.39. The molecule has 0 spiro atoms. The molecule has 2 unspecified atom stereocenters. The van der Waals surface area contributed by atoms with Crippen LogP contribution in [0.1, 0.15) is 56.7 Å². The molecule has 0 aromatic carbocycles. The lowest BCUT2D eigenvalue weighted by Gasteiger charge is -2.23. The first-order valence-electron chi connectivity index (χ1n) is 7.01. The molecule has 0 amide bonds. The summed E-state index contributed by atoms with van der Waals surface area (Å²) in [4.78, 5) is 4.64. The molecule has 2 fully saturated rings. The summed E-state index contributed by atoms with van der Waals surface area (Å²) in [5, 5.41) is 7.70. The second-order valence-corrected chi connectivity index (χ2v) is 5.34. The third kappa shape index (κ3) is 2.06. The molecular formula is C13H21N3O2. The molecule has 0 radical (unpaired) electrons. The van der Waals surface area contributed by atoms with Crippen LogP contribution in [-0.4, -0.2) is 29.9 Å². The molecule has 1 aromatic rings. The molecule has 2 aliphatic rings. The van der Waals surface area contributed by atoms with Crippen LogP contribution in [0.25, 0.3) is 0 Å². The van der Waals surface area contributed by atoms with Crippen molar-refractivity contribution in [2.45, 2.75) is 50.5 Å². The summed E-state index contributed by atoms with van der Waals surface area (Å²) in [5.74, 6) is 1.90. The average molecular weight is 251 g/mol. The van der Waals surface area contributed by atoms with E-state index >= 15 is 0 Å². The molecule has 3 heterocycles. The Kier molecular flexibility index (Phi) is 3.35. The van der Waals surface area contributed by atoms with E-state index in [2.05, 4.69) is 22.4 Å². The third-order valence-corrected chi connectivity index (χ3v) is 4.22. The van der Waals surface area contributed by atoms with E-state index in [1.54, 1.807) is 0 Å². The fourth-order valence-corrected chi connectivity index (χ4v) is 2.98. The molecule has 2 atom stereocenters. The van der Waals surface area contributed by atoms with Gasteiger partial charge in [0, 0.05) is 12.5 Å². The predicted octanol–water partition coefficient (Wildman–Crippen LogP) is 1.95. The summed E-state index contributed by atoms with van der Waals surface area (Å²) in [6.07, 6.45) is 5.46. The summed E-state index contributed by atoms with van der Waals surface area (Å²) in [7, 11) is 0. The largest absolute Gasteiger partial charge is 0.381 e. The van der Waals surface area contributed by atoms with Crippen LogP contribution in [0.5, 0.6) is 0 Å². The smallest absolute Gasteiger partial charge is 0.246 e. The molecule has 100 valence electrons. The maximum atomic E-state index is 5.52. The van der Waals surface area contributed by atoms with Gasteiger partial charge in [-0.05, 0) is 38.6 Å². The van der Waals surface area contributed by atoms with Gasteiger partial charge in [0.05, 0.1) is 12.1 Å². The molecule has 2 saturated heterocycles. The number of hydrogen-bond acceptors (Lipinski definition) is 5. The van der Waals surface area contributed by atoms with Crippen molar-refractivity contribution >= 4 is 0 Å². The number of nitrogens with zero attached hydrogens (tertiary/aromatic N) is 2. The van der Waals surface area contributed by atoms with E-state index < -0.39 is 0 Å². The first kappa shape index (κ1) is 12.1. The number of aromatic nitrogens is 2. The van der Waals surface area contributed by atoms with Gasteiger partial charge in [0.1, 0.15) is 0 Å². The fraction of sp³-hybridized carbons (Fsp3) is 0.846. The fourth-order valence-electron chi connectivity index (χ4n) is 2.98. The standard InChI is InChI=1S/C13H21N3O2/c1-2-13(6-4-7-14-13)12-15-11(16-18-12)10-5-3-8-17-9-10/h10,14H,2-9H2,1H3. The molecule has 0 aliphatic carbocycles. The third-order valence-electron chi connectivity index (χ3n) is 4.22. The topological polar surface area (TPSA) is 60.2 Å². The van der Waals surface area contributed by atoms with Crippen molar-refractivity contribution in [1.82, 2.24) is 15.5 Å². The Hall–Kier alpha value is -0.940. The van der Waals surface area contributed by atoms with E-state index in [0.717, 1.165) is 57.2 Å². The van der Waals surface area contributed by atoms with Crippen molar-refractivity contribution in [1.29, 1.82) is 0 Å². The summed E-state index contributed by atoms with van der Waals surface area (Å²) in [6, 6.07) is 0. The zero-order valence-electron chi connectivity index (χ0n) is 10.9. The van der Waals surface area contributed by atoms with Gasteiger partial charge < -0.3 is 14.6 Å². The van der Waals surface area contributed by atoms with Crippen molar-refractivity contribution < 1.29 is 9.26 Å². The highest BCUT2D eigenvalue weighted by Crippen LogP contribution is 2.34. The minimum atomic E-state index is -0.0826. The number of rotatable bonds is 3. The van der Waals surface area contributed by atoms with Gasteiger partial charge in [-0.15, -0.1) is 0 Å². The van der Waals surface area contributed by atoms with Crippen molar-refractivity contribution in [2.24, 2.45) is 0 Å². The summed E-state index contributed by atoms with van der Waals surface area (Å²) in [6.45, 7) is 4.80. The molecule has 5 heteroatoms. The van der Waals surface area contributed by atoms with E-state index in [4.69, 9.17) is 9.26 Å². The van der Waals surface area contributed by atoms with E-state index in [1.165, 1.54) is 6.42 Å². The second kappa shape index (κ2) is 4.97. The van der Waals surface area contributed by atoms with Gasteiger partial charge in [-0.25, -0.2) is 0 Å². The molecule has 3 rings (SSSR count). The molecule has 1 N–H and O–H groups in total. The first-order chi connectivity index (χ1) is 8.84. The second-order valence-electron chi connectivity index (χ2n) is 5.34. The first-order valence-corrected chi connectivity index (χ1v) is 7.01. The minimum absolute atomic E-state index is 0.0826. The molecular weight excluding hydrogens is 230 g/mol. The van der Waals surface area contributed by atoms with E-state index in [0.29, 0.717) is 5.92 Å². The average Bonchev–Trinajstić information content (AvgIpc) is 3.09. The molecule has 0 saturated carbocycles. The Balaban J connectivity index is 1.79. The van der Waals surface area contributed by atoms with Crippen molar-refractivity contribution in [3.05, 3.63) is 11.7 Å². The van der Waals surface area contributed by atoms with Crippen molar-refractivity contribution in [3.63, 3.8) is 0 Å². The highest BCUT2D eigenvalue weighted by molar-refractivity contribution is 5.08. The number of hydrogen-bond donors (Lipinski definition) is 1. The van der Waals surface area contributed by atoms with Gasteiger partial charge in [-0.2, -0.15) is 4.98 Å². The maximum Gasteiger partial charge on any atom is 0.246 e. The van der Waals surface area contributed by atoms with Crippen LogP contribution in [0.4, 0.5) is 0 Å². The van der Waals surface area contributed by atoms with Crippen LogP contribution in [-0.2, 0) is 10.3 Å². The van der Waals surface area contributed by atoms with Gasteiger partial charge in [-0.1, -0.05) is 12.1 Å². The lowest BCUT2D eigenvalue weighted by molar-refractivity contribution is 0.0773. The minimum Gasteiger partial charge on any atom is -0.381 e. The van der Waals surface area contributed by atoms with Gasteiger partial charge in [-0.3, -0.25) is 0 Å². The van der Waals surface area contributed by atoms with Gasteiger partial charge in [0.25, 0.3) is 0 Å². The molecule has 0 bridgehead atoms. The van der Waals surface area contributed by atoms with Crippen LogP contribution in [0, 0.1) is 0 Å². The molecule has 2 aliphatic heterocycles. The monoisotopic (exact) mass is 251 g/mol. The number of nitrogens with one attached hydrogen (secondary N) is 1. The van der Waals surface area contributed by atoms with E-state index in [9.17, 15) is 0 Å². The van der Waals surface area contributed by atoms with Crippen molar-refractivity contribution in [2.75, 3.05) is 19.8 Å². The van der Waals surface area contributed by atoms with Crippen LogP contribution < -0.4 is 5.32 Å². The van der Waals surface area contributed by atoms with E-state index in [-0.39, 0.29) is 5.54 Å². The predicted molar refractivity (Wildman–Crippen MR) is 66.3 cm³/mol. The molecule has 18 heavy (non-hydrogen) atoms.